The standard InChI is InChI=1S/C17H36O4/c1-8-9-16(17(5,6)7)21-15(4)12-20-14(3)11-19-13(2)10-18/h13-16,18H,8-12H2,1-7H3. The van der Waals surface area contributed by atoms with Gasteiger partial charge in [0, 0.05) is 0 Å². The fourth-order valence-corrected chi connectivity index (χ4v) is 1.99. The highest BCUT2D eigenvalue weighted by Crippen LogP contribution is 2.27. The van der Waals surface area contributed by atoms with Crippen LogP contribution >= 0.6 is 0 Å². The second-order valence-corrected chi connectivity index (χ2v) is 7.06. The van der Waals surface area contributed by atoms with Crippen LogP contribution in [0.5, 0.6) is 0 Å². The third-order valence-electron chi connectivity index (χ3n) is 3.40. The maximum absolute atomic E-state index is 8.91. The molecule has 0 spiro atoms. The molecule has 1 N–H and O–H groups in total. The van der Waals surface area contributed by atoms with Crippen LogP contribution < -0.4 is 0 Å². The van der Waals surface area contributed by atoms with Crippen LogP contribution in [0.2, 0.25) is 0 Å². The summed E-state index contributed by atoms with van der Waals surface area (Å²) >= 11 is 0. The van der Waals surface area contributed by atoms with Crippen LogP contribution in [0.3, 0.4) is 0 Å². The topological polar surface area (TPSA) is 47.9 Å². The van der Waals surface area contributed by atoms with E-state index in [0.717, 1.165) is 12.8 Å². The average molecular weight is 304 g/mol. The molecule has 0 aliphatic heterocycles. The fourth-order valence-electron chi connectivity index (χ4n) is 1.99. The van der Waals surface area contributed by atoms with E-state index in [0.29, 0.717) is 13.2 Å². The van der Waals surface area contributed by atoms with E-state index in [-0.39, 0.29) is 36.4 Å². The van der Waals surface area contributed by atoms with Crippen LogP contribution in [0.25, 0.3) is 0 Å². The second-order valence-electron chi connectivity index (χ2n) is 7.06. The molecule has 0 aromatic rings. The Hall–Kier alpha value is -0.160. The molecule has 4 atom stereocenters. The zero-order chi connectivity index (χ0) is 16.5. The Bertz CT molecular complexity index is 250. The van der Waals surface area contributed by atoms with Gasteiger partial charge in [0.05, 0.1) is 44.2 Å². The van der Waals surface area contributed by atoms with Crippen LogP contribution in [0.1, 0.15) is 61.3 Å². The molecule has 4 nitrogen and oxygen atoms in total. The van der Waals surface area contributed by atoms with Crippen molar-refractivity contribution in [1.82, 2.24) is 0 Å². The number of hydrogen-bond acceptors (Lipinski definition) is 4. The molecular formula is C17H36O4. The zero-order valence-corrected chi connectivity index (χ0v) is 15.0. The molecule has 4 heteroatoms. The zero-order valence-electron chi connectivity index (χ0n) is 15.0. The quantitative estimate of drug-likeness (QED) is 0.635. The Labute approximate surface area is 131 Å². The summed E-state index contributed by atoms with van der Waals surface area (Å²) in [5.74, 6) is 0. The van der Waals surface area contributed by atoms with E-state index >= 15 is 0 Å². The molecule has 0 saturated carbocycles. The normalized spacial score (nSPS) is 18.3. The second kappa shape index (κ2) is 10.5. The Morgan fingerprint density at radius 1 is 0.905 bits per heavy atom. The fraction of sp³-hybridized carbons (Fsp3) is 1.00. The molecule has 0 fully saturated rings. The van der Waals surface area contributed by atoms with Crippen LogP contribution in [-0.2, 0) is 14.2 Å². The Morgan fingerprint density at radius 3 is 1.90 bits per heavy atom. The van der Waals surface area contributed by atoms with E-state index in [1.54, 1.807) is 0 Å². The van der Waals surface area contributed by atoms with Crippen LogP contribution in [0.4, 0.5) is 0 Å². The van der Waals surface area contributed by atoms with E-state index in [1.165, 1.54) is 0 Å². The van der Waals surface area contributed by atoms with E-state index in [1.807, 2.05) is 13.8 Å². The predicted octanol–water partition coefficient (Wildman–Crippen LogP) is 3.41. The van der Waals surface area contributed by atoms with Gasteiger partial charge in [-0.15, -0.1) is 0 Å². The van der Waals surface area contributed by atoms with Crippen LogP contribution in [-0.4, -0.2) is 49.3 Å². The lowest BCUT2D eigenvalue weighted by Gasteiger charge is -2.33. The van der Waals surface area contributed by atoms with Gasteiger partial charge in [-0.05, 0) is 32.6 Å². The molecule has 21 heavy (non-hydrogen) atoms. The van der Waals surface area contributed by atoms with Crippen molar-refractivity contribution in [2.24, 2.45) is 5.41 Å². The minimum absolute atomic E-state index is 0.00399. The van der Waals surface area contributed by atoms with Gasteiger partial charge in [-0.1, -0.05) is 34.1 Å². The molecule has 0 rings (SSSR count). The molecule has 0 aliphatic carbocycles. The molecule has 128 valence electrons. The first-order valence-electron chi connectivity index (χ1n) is 8.20. The molecular weight excluding hydrogens is 268 g/mol. The molecule has 0 aliphatic rings. The highest BCUT2D eigenvalue weighted by molar-refractivity contribution is 4.75. The lowest BCUT2D eigenvalue weighted by molar-refractivity contribution is -0.112. The molecule has 0 heterocycles. The Morgan fingerprint density at radius 2 is 1.43 bits per heavy atom. The van der Waals surface area contributed by atoms with Gasteiger partial charge < -0.3 is 19.3 Å². The number of aliphatic hydroxyl groups is 1. The molecule has 0 aromatic heterocycles. The summed E-state index contributed by atoms with van der Waals surface area (Å²) in [5.41, 5.74) is 0.148. The minimum atomic E-state index is -0.139. The van der Waals surface area contributed by atoms with Crippen LogP contribution in [0, 0.1) is 5.41 Å². The maximum atomic E-state index is 8.91. The first kappa shape index (κ1) is 20.8. The van der Waals surface area contributed by atoms with E-state index < -0.39 is 0 Å². The van der Waals surface area contributed by atoms with Crippen LogP contribution in [0.15, 0.2) is 0 Å². The van der Waals surface area contributed by atoms with Crippen molar-refractivity contribution in [3.63, 3.8) is 0 Å². The molecule has 0 amide bonds. The van der Waals surface area contributed by atoms with Gasteiger partial charge in [0.1, 0.15) is 0 Å². The summed E-state index contributed by atoms with van der Waals surface area (Å²) in [4.78, 5) is 0. The molecule has 0 bridgehead atoms. The van der Waals surface area contributed by atoms with Gasteiger partial charge >= 0.3 is 0 Å². The van der Waals surface area contributed by atoms with Crippen molar-refractivity contribution < 1.29 is 19.3 Å². The van der Waals surface area contributed by atoms with Crippen molar-refractivity contribution in [1.29, 1.82) is 0 Å². The van der Waals surface area contributed by atoms with Gasteiger partial charge in [0.25, 0.3) is 0 Å². The summed E-state index contributed by atoms with van der Waals surface area (Å²) in [5, 5.41) is 8.91. The summed E-state index contributed by atoms with van der Waals surface area (Å²) in [6.07, 6.45) is 2.38. The molecule has 0 aromatic carbocycles. The smallest absolute Gasteiger partial charge is 0.0784 e. The van der Waals surface area contributed by atoms with E-state index in [4.69, 9.17) is 19.3 Å². The number of hydrogen-bond donors (Lipinski definition) is 1. The third kappa shape index (κ3) is 10.2. The average Bonchev–Trinajstić information content (AvgIpc) is 2.40. The minimum Gasteiger partial charge on any atom is -0.394 e. The maximum Gasteiger partial charge on any atom is 0.0784 e. The SMILES string of the molecule is CCCC(OC(C)COC(C)COC(C)CO)C(C)(C)C. The lowest BCUT2D eigenvalue weighted by Crippen LogP contribution is -2.35. The summed E-state index contributed by atoms with van der Waals surface area (Å²) in [6.45, 7) is 15.8. The Balaban J connectivity index is 4.04. The van der Waals surface area contributed by atoms with Gasteiger partial charge in [0.2, 0.25) is 0 Å². The first-order valence-corrected chi connectivity index (χ1v) is 8.20. The molecule has 4 unspecified atom stereocenters. The van der Waals surface area contributed by atoms with E-state index in [9.17, 15) is 0 Å². The largest absolute Gasteiger partial charge is 0.394 e. The molecule has 0 saturated heterocycles. The summed E-state index contributed by atoms with van der Waals surface area (Å²) in [6, 6.07) is 0. The van der Waals surface area contributed by atoms with Gasteiger partial charge in [0.15, 0.2) is 0 Å². The van der Waals surface area contributed by atoms with Crippen molar-refractivity contribution in [3.8, 4) is 0 Å². The van der Waals surface area contributed by atoms with Crippen molar-refractivity contribution >= 4 is 0 Å². The van der Waals surface area contributed by atoms with E-state index in [2.05, 4.69) is 34.6 Å². The lowest BCUT2D eigenvalue weighted by atomic mass is 9.86. The predicted molar refractivity (Wildman–Crippen MR) is 86.6 cm³/mol. The van der Waals surface area contributed by atoms with Gasteiger partial charge in [-0.25, -0.2) is 0 Å². The van der Waals surface area contributed by atoms with Crippen molar-refractivity contribution in [2.75, 3.05) is 19.8 Å². The monoisotopic (exact) mass is 304 g/mol. The molecule has 0 radical (unpaired) electrons. The highest BCUT2D eigenvalue weighted by Gasteiger charge is 2.26. The van der Waals surface area contributed by atoms with Crippen molar-refractivity contribution in [2.45, 2.75) is 85.7 Å². The highest BCUT2D eigenvalue weighted by atomic mass is 16.6. The number of rotatable bonds is 11. The van der Waals surface area contributed by atoms with Gasteiger partial charge in [-0.2, -0.15) is 0 Å². The summed E-state index contributed by atoms with van der Waals surface area (Å²) in [7, 11) is 0. The third-order valence-corrected chi connectivity index (χ3v) is 3.40. The Kier molecular flexibility index (Phi) is 10.5. The van der Waals surface area contributed by atoms with Gasteiger partial charge in [-0.3, -0.25) is 0 Å². The summed E-state index contributed by atoms with van der Waals surface area (Å²) < 4.78 is 17.3. The number of aliphatic hydroxyl groups excluding tert-OH is 1. The number of ether oxygens (including phenoxy) is 3. The van der Waals surface area contributed by atoms with Crippen molar-refractivity contribution in [3.05, 3.63) is 0 Å². The first-order chi connectivity index (χ1) is 9.70.